The zero-order valence-electron chi connectivity index (χ0n) is 15.6. The van der Waals surface area contributed by atoms with E-state index in [9.17, 15) is 14.4 Å². The first-order valence-electron chi connectivity index (χ1n) is 8.62. The largest absolute Gasteiger partial charge is 0.478 e. The third-order valence-electron chi connectivity index (χ3n) is 3.94. The van der Waals surface area contributed by atoms with Crippen molar-refractivity contribution in [2.75, 3.05) is 0 Å². The maximum absolute atomic E-state index is 10.6. The summed E-state index contributed by atoms with van der Waals surface area (Å²) in [5.74, 6) is -3.28. The number of hydrogen-bond acceptors (Lipinski definition) is 5. The molecule has 0 aliphatic heterocycles. The smallest absolute Gasteiger partial charge is 0.336 e. The summed E-state index contributed by atoms with van der Waals surface area (Å²) in [6, 6.07) is 14.9. The Morgan fingerprint density at radius 2 is 1.60 bits per heavy atom. The van der Waals surface area contributed by atoms with Crippen LogP contribution in [-0.4, -0.2) is 42.8 Å². The van der Waals surface area contributed by atoms with E-state index in [1.54, 1.807) is 6.20 Å². The molecule has 0 radical (unpaired) electrons. The van der Waals surface area contributed by atoms with Crippen LogP contribution in [-0.2, 0) is 6.54 Å². The standard InChI is InChI=1S/C12H11N3.C9H6O6/c13-7-4-9-15-10-8-14-12(15)11-5-2-1-3-6-11;10-7(11)4-1-2-5(8(12)13)6(3-4)9(14)15/h1-3,5-6,8,10H,4,9H2;1-3H,(H,10,11)(H,12,13)(H,14,15). The van der Waals surface area contributed by atoms with Crippen molar-refractivity contribution in [2.24, 2.45) is 0 Å². The summed E-state index contributed by atoms with van der Waals surface area (Å²) in [5.41, 5.74) is -0.160. The maximum atomic E-state index is 10.6. The van der Waals surface area contributed by atoms with Crippen molar-refractivity contribution in [3.63, 3.8) is 0 Å². The lowest BCUT2D eigenvalue weighted by Gasteiger charge is -2.04. The molecule has 3 rings (SSSR count). The Morgan fingerprint density at radius 3 is 2.17 bits per heavy atom. The predicted molar refractivity (Wildman–Crippen MR) is 105 cm³/mol. The van der Waals surface area contributed by atoms with Crippen LogP contribution in [0.15, 0.2) is 60.9 Å². The molecule has 0 aliphatic carbocycles. The Balaban J connectivity index is 0.000000214. The second-order valence-corrected chi connectivity index (χ2v) is 5.89. The number of imidazole rings is 1. The van der Waals surface area contributed by atoms with Gasteiger partial charge in [-0.3, -0.25) is 0 Å². The summed E-state index contributed by atoms with van der Waals surface area (Å²) in [5, 5.41) is 34.4. The number of rotatable bonds is 6. The van der Waals surface area contributed by atoms with Crippen molar-refractivity contribution in [1.29, 1.82) is 5.26 Å². The molecule has 0 atom stereocenters. The first-order chi connectivity index (χ1) is 14.3. The van der Waals surface area contributed by atoms with Gasteiger partial charge in [-0.15, -0.1) is 0 Å². The minimum atomic E-state index is -1.48. The monoisotopic (exact) mass is 407 g/mol. The van der Waals surface area contributed by atoms with E-state index >= 15 is 0 Å². The lowest BCUT2D eigenvalue weighted by molar-refractivity contribution is 0.0649. The average molecular weight is 407 g/mol. The highest BCUT2D eigenvalue weighted by Gasteiger charge is 2.17. The van der Waals surface area contributed by atoms with Crippen LogP contribution in [0.1, 0.15) is 37.5 Å². The van der Waals surface area contributed by atoms with E-state index in [0.717, 1.165) is 29.6 Å². The maximum Gasteiger partial charge on any atom is 0.336 e. The quantitative estimate of drug-likeness (QED) is 0.563. The second-order valence-electron chi connectivity index (χ2n) is 5.89. The van der Waals surface area contributed by atoms with Crippen molar-refractivity contribution in [3.8, 4) is 17.5 Å². The van der Waals surface area contributed by atoms with Crippen molar-refractivity contribution in [3.05, 3.63) is 77.6 Å². The Hall–Kier alpha value is -4.45. The minimum absolute atomic E-state index is 0.266. The molecule has 0 amide bonds. The van der Waals surface area contributed by atoms with Gasteiger partial charge in [0.2, 0.25) is 0 Å². The van der Waals surface area contributed by atoms with Gasteiger partial charge in [0.15, 0.2) is 0 Å². The average Bonchev–Trinajstić information content (AvgIpc) is 3.21. The lowest BCUT2D eigenvalue weighted by Crippen LogP contribution is -2.10. The van der Waals surface area contributed by atoms with E-state index in [-0.39, 0.29) is 5.56 Å². The fourth-order valence-electron chi connectivity index (χ4n) is 2.55. The molecule has 0 saturated heterocycles. The summed E-state index contributed by atoms with van der Waals surface area (Å²) < 4.78 is 2.00. The van der Waals surface area contributed by atoms with Crippen molar-refractivity contribution in [2.45, 2.75) is 13.0 Å². The van der Waals surface area contributed by atoms with Crippen LogP contribution < -0.4 is 0 Å². The molecule has 0 aliphatic rings. The fraction of sp³-hybridized carbons (Fsp3) is 0.0952. The molecule has 9 heteroatoms. The van der Waals surface area contributed by atoms with Gasteiger partial charge < -0.3 is 19.9 Å². The summed E-state index contributed by atoms with van der Waals surface area (Å²) in [7, 11) is 0. The van der Waals surface area contributed by atoms with E-state index in [4.69, 9.17) is 20.6 Å². The van der Waals surface area contributed by atoms with Gasteiger partial charge in [0.25, 0.3) is 0 Å². The first kappa shape index (κ1) is 21.8. The molecule has 1 heterocycles. The number of benzene rings is 2. The normalized spacial score (nSPS) is 9.70. The highest BCUT2D eigenvalue weighted by atomic mass is 16.4. The number of carboxylic acids is 3. The SMILES string of the molecule is N#CCCn1ccnc1-c1ccccc1.O=C(O)c1ccc(C(=O)O)c(C(=O)O)c1. The van der Waals surface area contributed by atoms with Crippen LogP contribution in [0, 0.1) is 11.3 Å². The number of carbonyl (C=O) groups is 3. The Bertz CT molecular complexity index is 1100. The molecule has 0 saturated carbocycles. The third kappa shape index (κ3) is 5.53. The van der Waals surface area contributed by atoms with Gasteiger partial charge in [0.1, 0.15) is 5.82 Å². The van der Waals surface area contributed by atoms with Gasteiger partial charge >= 0.3 is 17.9 Å². The van der Waals surface area contributed by atoms with Gasteiger partial charge in [-0.25, -0.2) is 19.4 Å². The van der Waals surface area contributed by atoms with Crippen LogP contribution in [0.4, 0.5) is 0 Å². The van der Waals surface area contributed by atoms with Gasteiger partial charge in [-0.05, 0) is 18.2 Å². The number of carboxylic acid groups (broad SMARTS) is 3. The van der Waals surface area contributed by atoms with E-state index in [1.807, 2.05) is 41.1 Å². The topological polar surface area (TPSA) is 154 Å². The molecule has 30 heavy (non-hydrogen) atoms. The molecule has 152 valence electrons. The van der Waals surface area contributed by atoms with Crippen LogP contribution in [0.25, 0.3) is 11.4 Å². The van der Waals surface area contributed by atoms with Gasteiger partial charge in [-0.2, -0.15) is 5.26 Å². The van der Waals surface area contributed by atoms with Crippen molar-refractivity contribution in [1.82, 2.24) is 9.55 Å². The Kier molecular flexibility index (Phi) is 7.42. The van der Waals surface area contributed by atoms with E-state index in [0.29, 0.717) is 13.0 Å². The second kappa shape index (κ2) is 10.2. The molecular weight excluding hydrogens is 390 g/mol. The summed E-state index contributed by atoms with van der Waals surface area (Å²) in [6.45, 7) is 0.695. The van der Waals surface area contributed by atoms with Crippen LogP contribution >= 0.6 is 0 Å². The minimum Gasteiger partial charge on any atom is -0.478 e. The number of nitriles is 1. The highest BCUT2D eigenvalue weighted by Crippen LogP contribution is 2.16. The fourth-order valence-corrected chi connectivity index (χ4v) is 2.55. The first-order valence-corrected chi connectivity index (χ1v) is 8.62. The van der Waals surface area contributed by atoms with Gasteiger partial charge in [0, 0.05) is 24.5 Å². The Morgan fingerprint density at radius 1 is 0.933 bits per heavy atom. The highest BCUT2D eigenvalue weighted by molar-refractivity contribution is 6.03. The zero-order valence-corrected chi connectivity index (χ0v) is 15.6. The van der Waals surface area contributed by atoms with E-state index in [2.05, 4.69) is 11.1 Å². The molecule has 0 spiro atoms. The molecule has 9 nitrogen and oxygen atoms in total. The molecule has 3 N–H and O–H groups in total. The molecular formula is C21H17N3O6. The number of aryl methyl sites for hydroxylation is 1. The van der Waals surface area contributed by atoms with Crippen LogP contribution in [0.5, 0.6) is 0 Å². The molecule has 1 aromatic heterocycles. The molecule has 0 fully saturated rings. The molecule has 2 aromatic carbocycles. The lowest BCUT2D eigenvalue weighted by atomic mass is 10.0. The Labute approximate surface area is 171 Å². The van der Waals surface area contributed by atoms with Gasteiger partial charge in [0.05, 0.1) is 29.2 Å². The van der Waals surface area contributed by atoms with Gasteiger partial charge in [-0.1, -0.05) is 30.3 Å². The third-order valence-corrected chi connectivity index (χ3v) is 3.94. The molecule has 3 aromatic rings. The van der Waals surface area contributed by atoms with Crippen LogP contribution in [0.2, 0.25) is 0 Å². The van der Waals surface area contributed by atoms with Crippen LogP contribution in [0.3, 0.4) is 0 Å². The summed E-state index contributed by atoms with van der Waals surface area (Å²) >= 11 is 0. The van der Waals surface area contributed by atoms with Crippen molar-refractivity contribution < 1.29 is 29.7 Å². The number of nitrogens with zero attached hydrogens (tertiary/aromatic N) is 3. The van der Waals surface area contributed by atoms with E-state index < -0.39 is 29.0 Å². The zero-order chi connectivity index (χ0) is 22.1. The molecule has 0 unspecified atom stereocenters. The number of aromatic carboxylic acids is 3. The molecule has 0 bridgehead atoms. The number of aromatic nitrogens is 2. The summed E-state index contributed by atoms with van der Waals surface area (Å²) in [6.07, 6.45) is 4.18. The number of hydrogen-bond donors (Lipinski definition) is 3. The summed E-state index contributed by atoms with van der Waals surface area (Å²) in [4.78, 5) is 36.1. The predicted octanol–water partition coefficient (Wildman–Crippen LogP) is 3.24. The van der Waals surface area contributed by atoms with Crippen molar-refractivity contribution >= 4 is 17.9 Å². The van der Waals surface area contributed by atoms with E-state index in [1.165, 1.54) is 0 Å².